The quantitative estimate of drug-likeness (QED) is 0.469. The van der Waals surface area contributed by atoms with Crippen LogP contribution >= 0.6 is 0 Å². The number of hydrogen-bond donors (Lipinski definition) is 2. The van der Waals surface area contributed by atoms with Crippen molar-refractivity contribution in [3.8, 4) is 0 Å². The molecule has 16 heavy (non-hydrogen) atoms. The summed E-state index contributed by atoms with van der Waals surface area (Å²) < 4.78 is 0. The number of ketones is 1. The minimum absolute atomic E-state index is 0.171. The van der Waals surface area contributed by atoms with Crippen molar-refractivity contribution in [1.29, 1.82) is 0 Å². The van der Waals surface area contributed by atoms with Gasteiger partial charge in [-0.3, -0.25) is 4.79 Å². The molecule has 0 radical (unpaired) electrons. The Morgan fingerprint density at radius 2 is 2.19 bits per heavy atom. The maximum absolute atomic E-state index is 11.1. The van der Waals surface area contributed by atoms with E-state index in [1.54, 1.807) is 0 Å². The van der Waals surface area contributed by atoms with Crippen molar-refractivity contribution >= 4 is 22.4 Å². The standard InChI is InChI=1S/C12H12N2O2/c1-8(15)12(14-16)6-9-7-13-11-5-3-2-4-10(9)11/h2-5,7,13,16H,6H2,1H3/b14-12+. The number of hydrogen-bond acceptors (Lipinski definition) is 3. The van der Waals surface area contributed by atoms with Gasteiger partial charge in [0.05, 0.1) is 0 Å². The largest absolute Gasteiger partial charge is 0.411 e. The van der Waals surface area contributed by atoms with Gasteiger partial charge in [-0.1, -0.05) is 23.4 Å². The molecule has 1 aromatic carbocycles. The van der Waals surface area contributed by atoms with Gasteiger partial charge in [0, 0.05) is 30.4 Å². The molecule has 0 saturated heterocycles. The van der Waals surface area contributed by atoms with Gasteiger partial charge in [0.15, 0.2) is 5.78 Å². The average molecular weight is 216 g/mol. The van der Waals surface area contributed by atoms with Crippen LogP contribution in [0.1, 0.15) is 12.5 Å². The Hall–Kier alpha value is -2.10. The highest BCUT2D eigenvalue weighted by atomic mass is 16.4. The van der Waals surface area contributed by atoms with E-state index in [4.69, 9.17) is 5.21 Å². The normalized spacial score (nSPS) is 11.9. The van der Waals surface area contributed by atoms with Crippen LogP contribution in [-0.4, -0.2) is 21.7 Å². The van der Waals surface area contributed by atoms with Gasteiger partial charge in [-0.2, -0.15) is 0 Å². The molecule has 0 amide bonds. The number of nitrogens with zero attached hydrogens (tertiary/aromatic N) is 1. The van der Waals surface area contributed by atoms with Gasteiger partial charge in [-0.05, 0) is 11.6 Å². The molecule has 0 saturated carbocycles. The average Bonchev–Trinajstić information content (AvgIpc) is 2.69. The Balaban J connectivity index is 2.38. The maximum atomic E-state index is 11.1. The van der Waals surface area contributed by atoms with E-state index in [9.17, 15) is 4.79 Å². The number of H-pyrrole nitrogens is 1. The molecular formula is C12H12N2O2. The molecule has 1 heterocycles. The number of Topliss-reactive ketones (excluding diaryl/α,β-unsaturated/α-hetero) is 1. The van der Waals surface area contributed by atoms with Crippen molar-refractivity contribution < 1.29 is 10.0 Å². The number of carbonyl (C=O) groups is 1. The van der Waals surface area contributed by atoms with E-state index in [1.165, 1.54) is 6.92 Å². The van der Waals surface area contributed by atoms with Crippen molar-refractivity contribution in [1.82, 2.24) is 4.98 Å². The third kappa shape index (κ3) is 1.82. The summed E-state index contributed by atoms with van der Waals surface area (Å²) in [5.41, 5.74) is 2.14. The molecule has 82 valence electrons. The van der Waals surface area contributed by atoms with Gasteiger partial charge < -0.3 is 10.2 Å². The fraction of sp³-hybridized carbons (Fsp3) is 0.167. The van der Waals surface area contributed by atoms with E-state index in [-0.39, 0.29) is 11.5 Å². The van der Waals surface area contributed by atoms with Crippen LogP contribution in [0.4, 0.5) is 0 Å². The summed E-state index contributed by atoms with van der Waals surface area (Å²) in [5.74, 6) is -0.215. The lowest BCUT2D eigenvalue weighted by Crippen LogP contribution is -2.12. The number of aromatic amines is 1. The predicted octanol–water partition coefficient (Wildman–Crippen LogP) is 2.13. The number of benzene rings is 1. The van der Waals surface area contributed by atoms with E-state index >= 15 is 0 Å². The number of aromatic nitrogens is 1. The lowest BCUT2D eigenvalue weighted by Gasteiger charge is -1.98. The molecule has 4 heteroatoms. The summed E-state index contributed by atoms with van der Waals surface area (Å²) in [5, 5.41) is 12.8. The monoisotopic (exact) mass is 216 g/mol. The topological polar surface area (TPSA) is 65.5 Å². The Kier molecular flexibility index (Phi) is 2.72. The van der Waals surface area contributed by atoms with Gasteiger partial charge in [0.2, 0.25) is 0 Å². The minimum atomic E-state index is -0.215. The zero-order valence-corrected chi connectivity index (χ0v) is 8.90. The zero-order chi connectivity index (χ0) is 11.5. The summed E-state index contributed by atoms with van der Waals surface area (Å²) in [4.78, 5) is 14.2. The Morgan fingerprint density at radius 1 is 1.44 bits per heavy atom. The molecule has 4 nitrogen and oxygen atoms in total. The van der Waals surface area contributed by atoms with Crippen LogP contribution in [0.3, 0.4) is 0 Å². The van der Waals surface area contributed by atoms with E-state index in [0.29, 0.717) is 6.42 Å². The van der Waals surface area contributed by atoms with Crippen LogP contribution in [0.5, 0.6) is 0 Å². The van der Waals surface area contributed by atoms with Gasteiger partial charge in [0.1, 0.15) is 5.71 Å². The van der Waals surface area contributed by atoms with Gasteiger partial charge in [-0.15, -0.1) is 0 Å². The summed E-state index contributed by atoms with van der Waals surface area (Å²) in [6.07, 6.45) is 2.18. The smallest absolute Gasteiger partial charge is 0.177 e. The SMILES string of the molecule is CC(=O)/C(Cc1c[nH]c2ccccc12)=N/O. The molecular weight excluding hydrogens is 204 g/mol. The highest BCUT2D eigenvalue weighted by molar-refractivity contribution is 6.39. The lowest BCUT2D eigenvalue weighted by molar-refractivity contribution is -0.111. The highest BCUT2D eigenvalue weighted by Crippen LogP contribution is 2.18. The summed E-state index contributed by atoms with van der Waals surface area (Å²) in [6, 6.07) is 7.80. The van der Waals surface area contributed by atoms with Gasteiger partial charge >= 0.3 is 0 Å². The minimum Gasteiger partial charge on any atom is -0.411 e. The molecule has 0 fully saturated rings. The molecule has 1 aromatic heterocycles. The maximum Gasteiger partial charge on any atom is 0.177 e. The van der Waals surface area contributed by atoms with Crippen molar-refractivity contribution in [3.63, 3.8) is 0 Å². The van der Waals surface area contributed by atoms with E-state index in [2.05, 4.69) is 10.1 Å². The Labute approximate surface area is 92.6 Å². The molecule has 2 N–H and O–H groups in total. The van der Waals surface area contributed by atoms with Gasteiger partial charge in [-0.25, -0.2) is 0 Å². The van der Waals surface area contributed by atoms with Crippen LogP contribution in [0.25, 0.3) is 10.9 Å². The third-order valence-electron chi connectivity index (χ3n) is 2.56. The first kappa shape index (κ1) is 10.4. The molecule has 0 unspecified atom stereocenters. The molecule has 0 aliphatic heterocycles. The Morgan fingerprint density at radius 3 is 2.88 bits per heavy atom. The van der Waals surface area contributed by atoms with E-state index < -0.39 is 0 Å². The number of fused-ring (bicyclic) bond motifs is 1. The first-order valence-electron chi connectivity index (χ1n) is 4.99. The molecule has 0 aliphatic rings. The number of para-hydroxylation sites is 1. The molecule has 0 spiro atoms. The Bertz CT molecular complexity index is 555. The zero-order valence-electron chi connectivity index (χ0n) is 8.90. The van der Waals surface area contributed by atoms with Crippen LogP contribution < -0.4 is 0 Å². The molecule has 0 aliphatic carbocycles. The van der Waals surface area contributed by atoms with Crippen LogP contribution in [-0.2, 0) is 11.2 Å². The second-order valence-electron chi connectivity index (χ2n) is 3.64. The second-order valence-corrected chi connectivity index (χ2v) is 3.64. The van der Waals surface area contributed by atoms with E-state index in [0.717, 1.165) is 16.5 Å². The van der Waals surface area contributed by atoms with Crippen molar-refractivity contribution in [2.45, 2.75) is 13.3 Å². The molecule has 0 bridgehead atoms. The van der Waals surface area contributed by atoms with Crippen LogP contribution in [0.2, 0.25) is 0 Å². The van der Waals surface area contributed by atoms with Crippen molar-refractivity contribution in [2.75, 3.05) is 0 Å². The van der Waals surface area contributed by atoms with Crippen LogP contribution in [0, 0.1) is 0 Å². The molecule has 2 rings (SSSR count). The van der Waals surface area contributed by atoms with Crippen LogP contribution in [0.15, 0.2) is 35.6 Å². The second kappa shape index (κ2) is 4.18. The number of oxime groups is 1. The first-order valence-corrected chi connectivity index (χ1v) is 4.99. The predicted molar refractivity (Wildman–Crippen MR) is 61.9 cm³/mol. The number of carbonyl (C=O) groups excluding carboxylic acids is 1. The van der Waals surface area contributed by atoms with Gasteiger partial charge in [0.25, 0.3) is 0 Å². The fourth-order valence-electron chi connectivity index (χ4n) is 1.69. The lowest BCUT2D eigenvalue weighted by atomic mass is 10.1. The third-order valence-corrected chi connectivity index (χ3v) is 2.56. The highest BCUT2D eigenvalue weighted by Gasteiger charge is 2.11. The number of nitrogens with one attached hydrogen (secondary N) is 1. The molecule has 2 aromatic rings. The van der Waals surface area contributed by atoms with Crippen molar-refractivity contribution in [3.05, 3.63) is 36.0 Å². The number of rotatable bonds is 3. The summed E-state index contributed by atoms with van der Waals surface area (Å²) >= 11 is 0. The van der Waals surface area contributed by atoms with E-state index in [1.807, 2.05) is 30.5 Å². The van der Waals surface area contributed by atoms with Crippen molar-refractivity contribution in [2.24, 2.45) is 5.16 Å². The molecule has 0 atom stereocenters. The first-order chi connectivity index (χ1) is 7.72. The summed E-state index contributed by atoms with van der Waals surface area (Å²) in [6.45, 7) is 1.39. The summed E-state index contributed by atoms with van der Waals surface area (Å²) in [7, 11) is 0. The fourth-order valence-corrected chi connectivity index (χ4v) is 1.69.